The fourth-order valence-electron chi connectivity index (χ4n) is 0.727. The van der Waals surface area contributed by atoms with E-state index in [-0.39, 0.29) is 6.61 Å². The third-order valence-corrected chi connectivity index (χ3v) is 1.50. The Morgan fingerprint density at radius 3 is 2.31 bits per heavy atom. The summed E-state index contributed by atoms with van der Waals surface area (Å²) in [5.74, 6) is -0.969. The predicted molar refractivity (Wildman–Crippen MR) is 42.0 cm³/mol. The maximum absolute atomic E-state index is 11.0. The average Bonchev–Trinajstić information content (AvgIpc) is 2.14. The van der Waals surface area contributed by atoms with E-state index in [9.17, 15) is 4.79 Å². The largest absolute Gasteiger partial charge is 0.394 e. The lowest BCUT2D eigenvalue weighted by Crippen LogP contribution is -2.43. The first-order valence-electron chi connectivity index (χ1n) is 3.72. The first kappa shape index (κ1) is 12.5. The van der Waals surface area contributed by atoms with Gasteiger partial charge in [0.05, 0.1) is 13.2 Å². The molecule has 0 saturated carbocycles. The van der Waals surface area contributed by atoms with Crippen LogP contribution >= 0.6 is 0 Å². The molecule has 78 valence electrons. The number of aliphatic hydroxyl groups excluding tert-OH is 4. The van der Waals surface area contributed by atoms with Crippen molar-refractivity contribution in [1.29, 1.82) is 0 Å². The smallest absolute Gasteiger partial charge is 0.194 e. The SMILES string of the molecule is COC[C@@H](O)C(=O)[C@H](O)[C@H](O)CO. The van der Waals surface area contributed by atoms with Crippen molar-refractivity contribution in [2.75, 3.05) is 20.3 Å². The summed E-state index contributed by atoms with van der Waals surface area (Å²) >= 11 is 0. The number of carbonyl (C=O) groups excluding carboxylic acids is 1. The molecule has 0 amide bonds. The van der Waals surface area contributed by atoms with Crippen molar-refractivity contribution in [3.8, 4) is 0 Å². The third kappa shape index (κ3) is 3.79. The Labute approximate surface area is 75.4 Å². The van der Waals surface area contributed by atoms with E-state index in [1.165, 1.54) is 7.11 Å². The number of methoxy groups -OCH3 is 1. The molecule has 6 heteroatoms. The van der Waals surface area contributed by atoms with Crippen LogP contribution in [0.1, 0.15) is 0 Å². The van der Waals surface area contributed by atoms with Crippen LogP contribution in [-0.4, -0.2) is 64.8 Å². The minimum Gasteiger partial charge on any atom is -0.394 e. The summed E-state index contributed by atoms with van der Waals surface area (Å²) in [7, 11) is 1.28. The average molecular weight is 194 g/mol. The molecule has 0 aromatic rings. The van der Waals surface area contributed by atoms with E-state index in [4.69, 9.17) is 20.4 Å². The number of hydrogen-bond acceptors (Lipinski definition) is 6. The highest BCUT2D eigenvalue weighted by Crippen LogP contribution is 1.99. The molecule has 0 radical (unpaired) electrons. The van der Waals surface area contributed by atoms with Crippen LogP contribution in [0.4, 0.5) is 0 Å². The van der Waals surface area contributed by atoms with Gasteiger partial charge < -0.3 is 25.2 Å². The van der Waals surface area contributed by atoms with E-state index in [2.05, 4.69) is 4.74 Å². The third-order valence-electron chi connectivity index (χ3n) is 1.50. The van der Waals surface area contributed by atoms with Crippen molar-refractivity contribution in [3.63, 3.8) is 0 Å². The molecule has 0 aliphatic carbocycles. The van der Waals surface area contributed by atoms with Crippen molar-refractivity contribution in [2.45, 2.75) is 18.3 Å². The van der Waals surface area contributed by atoms with Gasteiger partial charge in [-0.3, -0.25) is 4.79 Å². The molecule has 0 spiro atoms. The molecule has 0 aromatic carbocycles. The van der Waals surface area contributed by atoms with Gasteiger partial charge in [0.1, 0.15) is 18.3 Å². The zero-order chi connectivity index (χ0) is 10.4. The summed E-state index contributed by atoms with van der Waals surface area (Å²) in [5, 5.41) is 35.2. The predicted octanol–water partition coefficient (Wildman–Crippen LogP) is -2.72. The second-order valence-corrected chi connectivity index (χ2v) is 2.57. The number of Topliss-reactive ketones (excluding diaryl/α,β-unsaturated/α-hetero) is 1. The molecule has 0 fully saturated rings. The van der Waals surface area contributed by atoms with Crippen molar-refractivity contribution < 1.29 is 30.0 Å². The standard InChI is InChI=1S/C7H14O6/c1-13-3-5(10)7(12)6(11)4(9)2-8/h4-6,8-11H,2-3H2,1H3/t4-,5-,6-/m1/s1. The van der Waals surface area contributed by atoms with Gasteiger partial charge in [-0.05, 0) is 0 Å². The van der Waals surface area contributed by atoms with Gasteiger partial charge in [-0.15, -0.1) is 0 Å². The van der Waals surface area contributed by atoms with Gasteiger partial charge in [-0.1, -0.05) is 0 Å². The highest BCUT2D eigenvalue weighted by atomic mass is 16.5. The monoisotopic (exact) mass is 194 g/mol. The molecule has 3 atom stereocenters. The summed E-state index contributed by atoms with van der Waals surface area (Å²) in [6, 6.07) is 0. The molecule has 0 rings (SSSR count). The lowest BCUT2D eigenvalue weighted by atomic mass is 10.1. The minimum absolute atomic E-state index is 0.256. The van der Waals surface area contributed by atoms with Crippen molar-refractivity contribution in [2.24, 2.45) is 0 Å². The van der Waals surface area contributed by atoms with Crippen LogP contribution in [-0.2, 0) is 9.53 Å². The minimum atomic E-state index is -1.78. The number of carbonyl (C=O) groups is 1. The number of ketones is 1. The van der Waals surface area contributed by atoms with Gasteiger partial charge in [-0.2, -0.15) is 0 Å². The lowest BCUT2D eigenvalue weighted by Gasteiger charge is -2.17. The zero-order valence-corrected chi connectivity index (χ0v) is 7.25. The van der Waals surface area contributed by atoms with Crippen LogP contribution < -0.4 is 0 Å². The van der Waals surface area contributed by atoms with E-state index in [0.717, 1.165) is 0 Å². The Morgan fingerprint density at radius 2 is 1.92 bits per heavy atom. The van der Waals surface area contributed by atoms with Gasteiger partial charge in [0.25, 0.3) is 0 Å². The van der Waals surface area contributed by atoms with Gasteiger partial charge in [0.15, 0.2) is 5.78 Å². The van der Waals surface area contributed by atoms with Gasteiger partial charge in [0, 0.05) is 7.11 Å². The first-order chi connectivity index (χ1) is 6.04. The molecule has 0 aliphatic heterocycles. The van der Waals surface area contributed by atoms with Crippen LogP contribution in [0, 0.1) is 0 Å². The Kier molecular flexibility index (Phi) is 5.76. The lowest BCUT2D eigenvalue weighted by molar-refractivity contribution is -0.145. The molecule has 0 saturated heterocycles. The molecular formula is C7H14O6. The number of rotatable bonds is 6. The molecule has 4 N–H and O–H groups in total. The molecule has 0 aliphatic rings. The molecule has 6 nitrogen and oxygen atoms in total. The second-order valence-electron chi connectivity index (χ2n) is 2.57. The van der Waals surface area contributed by atoms with Crippen LogP contribution in [0.2, 0.25) is 0 Å². The molecule has 0 bridgehead atoms. The number of ether oxygens (including phenoxy) is 1. The van der Waals surface area contributed by atoms with E-state index in [1.807, 2.05) is 0 Å². The Hall–Kier alpha value is -0.530. The van der Waals surface area contributed by atoms with E-state index < -0.39 is 30.7 Å². The van der Waals surface area contributed by atoms with Gasteiger partial charge >= 0.3 is 0 Å². The van der Waals surface area contributed by atoms with E-state index in [1.54, 1.807) is 0 Å². The van der Waals surface area contributed by atoms with Crippen molar-refractivity contribution in [1.82, 2.24) is 0 Å². The van der Waals surface area contributed by atoms with E-state index in [0.29, 0.717) is 0 Å². The Balaban J connectivity index is 4.08. The van der Waals surface area contributed by atoms with Crippen LogP contribution in [0.15, 0.2) is 0 Å². The summed E-state index contributed by atoms with van der Waals surface area (Å²) in [6.07, 6.45) is -4.84. The highest BCUT2D eigenvalue weighted by molar-refractivity contribution is 5.87. The number of aliphatic hydroxyl groups is 4. The summed E-state index contributed by atoms with van der Waals surface area (Å²) in [6.45, 7) is -0.999. The van der Waals surface area contributed by atoms with Gasteiger partial charge in [-0.25, -0.2) is 0 Å². The molecule has 0 aromatic heterocycles. The Morgan fingerprint density at radius 1 is 1.38 bits per heavy atom. The van der Waals surface area contributed by atoms with Crippen LogP contribution in [0.5, 0.6) is 0 Å². The van der Waals surface area contributed by atoms with Crippen molar-refractivity contribution in [3.05, 3.63) is 0 Å². The normalized spacial score (nSPS) is 17.9. The maximum atomic E-state index is 11.0. The summed E-state index contributed by atoms with van der Waals surface area (Å²) < 4.78 is 4.46. The fraction of sp³-hybridized carbons (Fsp3) is 0.857. The Bertz CT molecular complexity index is 159. The zero-order valence-electron chi connectivity index (χ0n) is 7.25. The number of hydrogen-bond donors (Lipinski definition) is 4. The highest BCUT2D eigenvalue weighted by Gasteiger charge is 2.28. The molecular weight excluding hydrogens is 180 g/mol. The second kappa shape index (κ2) is 6.01. The quantitative estimate of drug-likeness (QED) is 0.366. The van der Waals surface area contributed by atoms with E-state index >= 15 is 0 Å². The fourth-order valence-corrected chi connectivity index (χ4v) is 0.727. The summed E-state index contributed by atoms with van der Waals surface area (Å²) in [5.41, 5.74) is 0. The topological polar surface area (TPSA) is 107 Å². The molecule has 0 unspecified atom stereocenters. The first-order valence-corrected chi connectivity index (χ1v) is 3.72. The van der Waals surface area contributed by atoms with Crippen LogP contribution in [0.3, 0.4) is 0 Å². The van der Waals surface area contributed by atoms with Gasteiger partial charge in [0.2, 0.25) is 0 Å². The van der Waals surface area contributed by atoms with Crippen LogP contribution in [0.25, 0.3) is 0 Å². The molecule has 13 heavy (non-hydrogen) atoms. The molecule has 0 heterocycles. The summed E-state index contributed by atoms with van der Waals surface area (Å²) in [4.78, 5) is 11.0. The van der Waals surface area contributed by atoms with Crippen molar-refractivity contribution >= 4 is 5.78 Å². The maximum Gasteiger partial charge on any atom is 0.194 e.